The SMILES string of the molecule is COc1ccc(OC)c(C(C)NC(=O)CCc2cccnc2)c1. The molecule has 0 aliphatic rings. The van der Waals surface area contributed by atoms with Gasteiger partial charge in [0.1, 0.15) is 11.5 Å². The van der Waals surface area contributed by atoms with E-state index in [1.54, 1.807) is 26.6 Å². The monoisotopic (exact) mass is 314 g/mol. The second kappa shape index (κ2) is 8.17. The van der Waals surface area contributed by atoms with Gasteiger partial charge in [0.05, 0.1) is 20.3 Å². The van der Waals surface area contributed by atoms with Crippen LogP contribution in [0.2, 0.25) is 0 Å². The van der Waals surface area contributed by atoms with Crippen molar-refractivity contribution in [2.45, 2.75) is 25.8 Å². The molecule has 0 saturated carbocycles. The van der Waals surface area contributed by atoms with Crippen molar-refractivity contribution in [1.29, 1.82) is 0 Å². The minimum atomic E-state index is -0.165. The fourth-order valence-electron chi connectivity index (χ4n) is 2.37. The Kier molecular flexibility index (Phi) is 5.97. The summed E-state index contributed by atoms with van der Waals surface area (Å²) in [6.45, 7) is 1.93. The molecule has 1 atom stereocenters. The first-order chi connectivity index (χ1) is 11.1. The Labute approximate surface area is 136 Å². The molecule has 1 amide bonds. The number of hydrogen-bond donors (Lipinski definition) is 1. The molecule has 0 fully saturated rings. The first-order valence-corrected chi connectivity index (χ1v) is 7.54. The molecule has 1 N–H and O–H groups in total. The van der Waals surface area contributed by atoms with E-state index in [0.717, 1.165) is 22.6 Å². The highest BCUT2D eigenvalue weighted by atomic mass is 16.5. The lowest BCUT2D eigenvalue weighted by Crippen LogP contribution is -2.27. The smallest absolute Gasteiger partial charge is 0.220 e. The number of ether oxygens (including phenoxy) is 2. The van der Waals surface area contributed by atoms with Crippen LogP contribution < -0.4 is 14.8 Å². The lowest BCUT2D eigenvalue weighted by molar-refractivity contribution is -0.121. The van der Waals surface area contributed by atoms with Crippen LogP contribution in [0, 0.1) is 0 Å². The maximum atomic E-state index is 12.2. The van der Waals surface area contributed by atoms with Crippen molar-refractivity contribution >= 4 is 5.91 Å². The van der Waals surface area contributed by atoms with Gasteiger partial charge in [-0.3, -0.25) is 9.78 Å². The Bertz CT molecular complexity index is 644. The van der Waals surface area contributed by atoms with Crippen LogP contribution in [0.25, 0.3) is 0 Å². The number of benzene rings is 1. The van der Waals surface area contributed by atoms with E-state index in [0.29, 0.717) is 12.8 Å². The largest absolute Gasteiger partial charge is 0.497 e. The van der Waals surface area contributed by atoms with E-state index in [1.807, 2.05) is 37.3 Å². The Morgan fingerprint density at radius 2 is 2.09 bits per heavy atom. The van der Waals surface area contributed by atoms with Crippen LogP contribution in [-0.4, -0.2) is 25.1 Å². The van der Waals surface area contributed by atoms with Crippen LogP contribution in [-0.2, 0) is 11.2 Å². The molecule has 0 spiro atoms. The first-order valence-electron chi connectivity index (χ1n) is 7.54. The van der Waals surface area contributed by atoms with Crippen molar-refractivity contribution in [2.24, 2.45) is 0 Å². The number of pyridine rings is 1. The minimum Gasteiger partial charge on any atom is -0.497 e. The molecule has 1 aromatic heterocycles. The number of nitrogens with one attached hydrogen (secondary N) is 1. The normalized spacial score (nSPS) is 11.6. The number of nitrogens with zero attached hydrogens (tertiary/aromatic N) is 1. The summed E-state index contributed by atoms with van der Waals surface area (Å²) in [5.74, 6) is 1.45. The molecule has 0 radical (unpaired) electrons. The summed E-state index contributed by atoms with van der Waals surface area (Å²) in [5, 5.41) is 3.00. The van der Waals surface area contributed by atoms with Crippen LogP contribution in [0.15, 0.2) is 42.7 Å². The van der Waals surface area contributed by atoms with Crippen LogP contribution in [0.3, 0.4) is 0 Å². The topological polar surface area (TPSA) is 60.5 Å². The summed E-state index contributed by atoms with van der Waals surface area (Å²) in [6.07, 6.45) is 4.59. The van der Waals surface area contributed by atoms with Gasteiger partial charge in [-0.2, -0.15) is 0 Å². The highest BCUT2D eigenvalue weighted by Gasteiger charge is 2.15. The van der Waals surface area contributed by atoms with E-state index in [-0.39, 0.29) is 11.9 Å². The summed E-state index contributed by atoms with van der Waals surface area (Å²) < 4.78 is 10.6. The zero-order chi connectivity index (χ0) is 16.7. The number of amides is 1. The summed E-state index contributed by atoms with van der Waals surface area (Å²) in [7, 11) is 3.23. The zero-order valence-corrected chi connectivity index (χ0v) is 13.7. The molecule has 0 aliphatic carbocycles. The van der Waals surface area contributed by atoms with Gasteiger partial charge in [-0.25, -0.2) is 0 Å². The predicted octanol–water partition coefficient (Wildman–Crippen LogP) is 2.91. The lowest BCUT2D eigenvalue weighted by atomic mass is 10.1. The molecule has 1 unspecified atom stereocenters. The van der Waals surface area contributed by atoms with Gasteiger partial charge >= 0.3 is 0 Å². The minimum absolute atomic E-state index is 0.00812. The van der Waals surface area contributed by atoms with Gasteiger partial charge in [0, 0.05) is 24.4 Å². The number of carbonyl (C=O) groups is 1. The van der Waals surface area contributed by atoms with Crippen LogP contribution in [0.5, 0.6) is 11.5 Å². The number of methoxy groups -OCH3 is 2. The number of carbonyl (C=O) groups excluding carboxylic acids is 1. The average Bonchev–Trinajstić information content (AvgIpc) is 2.60. The molecule has 0 aliphatic heterocycles. The van der Waals surface area contributed by atoms with Crippen LogP contribution in [0.1, 0.15) is 30.5 Å². The highest BCUT2D eigenvalue weighted by Crippen LogP contribution is 2.29. The predicted molar refractivity (Wildman–Crippen MR) is 88.7 cm³/mol. The molecule has 2 rings (SSSR count). The van der Waals surface area contributed by atoms with Gasteiger partial charge in [0.2, 0.25) is 5.91 Å². The molecule has 2 aromatic rings. The van der Waals surface area contributed by atoms with Crippen molar-refractivity contribution < 1.29 is 14.3 Å². The Balaban J connectivity index is 1.98. The average molecular weight is 314 g/mol. The van der Waals surface area contributed by atoms with E-state index in [1.165, 1.54) is 0 Å². The summed E-state index contributed by atoms with van der Waals surface area (Å²) in [6, 6.07) is 9.23. The van der Waals surface area contributed by atoms with E-state index in [2.05, 4.69) is 10.3 Å². The second-order valence-corrected chi connectivity index (χ2v) is 5.26. The Morgan fingerprint density at radius 1 is 1.26 bits per heavy atom. The van der Waals surface area contributed by atoms with Gasteiger partial charge < -0.3 is 14.8 Å². The first kappa shape index (κ1) is 16.8. The molecular weight excluding hydrogens is 292 g/mol. The standard InChI is InChI=1S/C18H22N2O3/c1-13(16-11-15(22-2)7-8-17(16)23-3)20-18(21)9-6-14-5-4-10-19-12-14/h4-5,7-8,10-13H,6,9H2,1-3H3,(H,20,21). The molecule has 0 saturated heterocycles. The quantitative estimate of drug-likeness (QED) is 0.853. The molecule has 1 heterocycles. The Hall–Kier alpha value is -2.56. The molecule has 0 bridgehead atoms. The van der Waals surface area contributed by atoms with Gasteiger partial charge in [-0.05, 0) is 43.2 Å². The molecule has 5 heteroatoms. The third-order valence-corrected chi connectivity index (χ3v) is 3.64. The maximum Gasteiger partial charge on any atom is 0.220 e. The van der Waals surface area contributed by atoms with Crippen molar-refractivity contribution in [3.05, 3.63) is 53.9 Å². The highest BCUT2D eigenvalue weighted by molar-refractivity contribution is 5.76. The molecule has 122 valence electrons. The summed E-state index contributed by atoms with van der Waals surface area (Å²) >= 11 is 0. The molecular formula is C18H22N2O3. The third kappa shape index (κ3) is 4.71. The molecule has 5 nitrogen and oxygen atoms in total. The number of rotatable bonds is 7. The number of hydrogen-bond acceptors (Lipinski definition) is 4. The van der Waals surface area contributed by atoms with E-state index in [9.17, 15) is 4.79 Å². The molecule has 1 aromatic carbocycles. The summed E-state index contributed by atoms with van der Waals surface area (Å²) in [4.78, 5) is 16.2. The second-order valence-electron chi connectivity index (χ2n) is 5.26. The van der Waals surface area contributed by atoms with E-state index in [4.69, 9.17) is 9.47 Å². The maximum absolute atomic E-state index is 12.2. The number of aromatic nitrogens is 1. The van der Waals surface area contributed by atoms with Gasteiger partial charge in [-0.15, -0.1) is 0 Å². The zero-order valence-electron chi connectivity index (χ0n) is 13.7. The van der Waals surface area contributed by atoms with Crippen molar-refractivity contribution in [2.75, 3.05) is 14.2 Å². The van der Waals surface area contributed by atoms with E-state index < -0.39 is 0 Å². The van der Waals surface area contributed by atoms with Gasteiger partial charge in [0.15, 0.2) is 0 Å². The van der Waals surface area contributed by atoms with Crippen molar-refractivity contribution in [3.8, 4) is 11.5 Å². The Morgan fingerprint density at radius 3 is 2.74 bits per heavy atom. The van der Waals surface area contributed by atoms with E-state index >= 15 is 0 Å². The van der Waals surface area contributed by atoms with Crippen LogP contribution >= 0.6 is 0 Å². The fourth-order valence-corrected chi connectivity index (χ4v) is 2.37. The lowest BCUT2D eigenvalue weighted by Gasteiger charge is -2.18. The van der Waals surface area contributed by atoms with Gasteiger partial charge in [-0.1, -0.05) is 6.07 Å². The summed E-state index contributed by atoms with van der Waals surface area (Å²) in [5.41, 5.74) is 1.94. The molecule has 23 heavy (non-hydrogen) atoms. The van der Waals surface area contributed by atoms with Gasteiger partial charge in [0.25, 0.3) is 0 Å². The third-order valence-electron chi connectivity index (χ3n) is 3.64. The van der Waals surface area contributed by atoms with Crippen LogP contribution in [0.4, 0.5) is 0 Å². The van der Waals surface area contributed by atoms with Crippen molar-refractivity contribution in [3.63, 3.8) is 0 Å². The number of aryl methyl sites for hydroxylation is 1. The van der Waals surface area contributed by atoms with Crippen molar-refractivity contribution in [1.82, 2.24) is 10.3 Å². The fraction of sp³-hybridized carbons (Fsp3) is 0.333.